The number of ether oxygens (including phenoxy) is 2. The van der Waals surface area contributed by atoms with Crippen molar-refractivity contribution in [1.82, 2.24) is 9.88 Å². The van der Waals surface area contributed by atoms with Crippen LogP contribution >= 0.6 is 0 Å². The minimum absolute atomic E-state index is 0.301. The number of hydrogen-bond acceptors (Lipinski definition) is 6. The number of benzene rings is 1. The molecule has 0 bridgehead atoms. The fourth-order valence-electron chi connectivity index (χ4n) is 2.89. The molecule has 0 atom stereocenters. The van der Waals surface area contributed by atoms with Gasteiger partial charge in [0.25, 0.3) is 5.91 Å². The standard InChI is InChI=1S/C19H22N4O4/c1-26-15-4-6-18(27-2)17(11-15)21-19(25)16-5-3-14(12-20-16)23-9-7-22(13-24)8-10-23/h3-6,11-13H,7-10H2,1-2H3,(H,21,25). The Morgan fingerprint density at radius 3 is 2.48 bits per heavy atom. The molecule has 8 heteroatoms. The van der Waals surface area contributed by atoms with E-state index in [0.717, 1.165) is 25.2 Å². The van der Waals surface area contributed by atoms with Crippen LogP contribution in [0.1, 0.15) is 10.5 Å². The number of nitrogens with one attached hydrogen (secondary N) is 1. The number of carbonyl (C=O) groups excluding carboxylic acids is 2. The maximum absolute atomic E-state index is 12.5. The van der Waals surface area contributed by atoms with Crippen LogP contribution in [0.3, 0.4) is 0 Å². The van der Waals surface area contributed by atoms with Crippen molar-refractivity contribution < 1.29 is 19.1 Å². The van der Waals surface area contributed by atoms with Gasteiger partial charge in [-0.3, -0.25) is 9.59 Å². The molecule has 1 aromatic carbocycles. The predicted octanol–water partition coefficient (Wildman–Crippen LogP) is 1.63. The van der Waals surface area contributed by atoms with E-state index in [1.54, 1.807) is 42.5 Å². The molecule has 1 fully saturated rings. The first-order valence-electron chi connectivity index (χ1n) is 8.58. The van der Waals surface area contributed by atoms with Gasteiger partial charge >= 0.3 is 0 Å². The number of pyridine rings is 1. The quantitative estimate of drug-likeness (QED) is 0.778. The van der Waals surface area contributed by atoms with Gasteiger partial charge in [0.05, 0.1) is 31.8 Å². The highest BCUT2D eigenvalue weighted by atomic mass is 16.5. The number of aromatic nitrogens is 1. The Morgan fingerprint density at radius 2 is 1.89 bits per heavy atom. The van der Waals surface area contributed by atoms with E-state index >= 15 is 0 Å². The molecule has 0 radical (unpaired) electrons. The Balaban J connectivity index is 1.68. The number of carbonyl (C=O) groups is 2. The average molecular weight is 370 g/mol. The highest BCUT2D eigenvalue weighted by Crippen LogP contribution is 2.29. The van der Waals surface area contributed by atoms with Gasteiger partial charge in [-0.25, -0.2) is 4.98 Å². The summed E-state index contributed by atoms with van der Waals surface area (Å²) in [6, 6.07) is 8.72. The largest absolute Gasteiger partial charge is 0.497 e. The predicted molar refractivity (Wildman–Crippen MR) is 102 cm³/mol. The maximum Gasteiger partial charge on any atom is 0.274 e. The second-order valence-corrected chi connectivity index (χ2v) is 6.05. The lowest BCUT2D eigenvalue weighted by atomic mass is 10.2. The lowest BCUT2D eigenvalue weighted by molar-refractivity contribution is -0.118. The lowest BCUT2D eigenvalue weighted by Crippen LogP contribution is -2.45. The maximum atomic E-state index is 12.5. The van der Waals surface area contributed by atoms with Gasteiger partial charge in [-0.2, -0.15) is 0 Å². The molecule has 2 heterocycles. The van der Waals surface area contributed by atoms with E-state index in [9.17, 15) is 9.59 Å². The van der Waals surface area contributed by atoms with Crippen LogP contribution in [0.15, 0.2) is 36.5 Å². The number of rotatable bonds is 6. The van der Waals surface area contributed by atoms with Crippen molar-refractivity contribution in [2.75, 3.05) is 50.6 Å². The van der Waals surface area contributed by atoms with Crippen LogP contribution in [0.4, 0.5) is 11.4 Å². The highest BCUT2D eigenvalue weighted by Gasteiger charge is 2.17. The van der Waals surface area contributed by atoms with Crippen LogP contribution in [0, 0.1) is 0 Å². The summed E-state index contributed by atoms with van der Waals surface area (Å²) in [5.41, 5.74) is 1.74. The van der Waals surface area contributed by atoms with Crippen LogP contribution in [0.2, 0.25) is 0 Å². The smallest absolute Gasteiger partial charge is 0.274 e. The monoisotopic (exact) mass is 370 g/mol. The van der Waals surface area contributed by atoms with E-state index in [1.807, 2.05) is 6.07 Å². The molecule has 142 valence electrons. The van der Waals surface area contributed by atoms with Crippen LogP contribution in [-0.4, -0.2) is 62.6 Å². The van der Waals surface area contributed by atoms with E-state index in [2.05, 4.69) is 15.2 Å². The summed E-state index contributed by atoms with van der Waals surface area (Å²) < 4.78 is 10.5. The Hall–Kier alpha value is -3.29. The highest BCUT2D eigenvalue weighted by molar-refractivity contribution is 6.03. The normalized spacial score (nSPS) is 13.9. The van der Waals surface area contributed by atoms with E-state index in [1.165, 1.54) is 7.11 Å². The van der Waals surface area contributed by atoms with Crippen LogP contribution in [-0.2, 0) is 4.79 Å². The van der Waals surface area contributed by atoms with E-state index in [4.69, 9.17) is 9.47 Å². The second kappa shape index (κ2) is 8.39. The number of piperazine rings is 1. The zero-order chi connectivity index (χ0) is 19.2. The first-order chi connectivity index (χ1) is 13.1. The molecule has 2 aromatic rings. The first-order valence-corrected chi connectivity index (χ1v) is 8.58. The number of nitrogens with zero attached hydrogens (tertiary/aromatic N) is 3. The molecule has 1 saturated heterocycles. The van der Waals surface area contributed by atoms with Gasteiger partial charge in [-0.1, -0.05) is 0 Å². The molecule has 27 heavy (non-hydrogen) atoms. The van der Waals surface area contributed by atoms with Crippen molar-refractivity contribution >= 4 is 23.7 Å². The SMILES string of the molecule is COc1ccc(OC)c(NC(=O)c2ccc(N3CCN(C=O)CC3)cn2)c1. The number of anilines is 2. The topological polar surface area (TPSA) is 84.0 Å². The van der Waals surface area contributed by atoms with Gasteiger partial charge in [-0.15, -0.1) is 0 Å². The van der Waals surface area contributed by atoms with Crippen molar-refractivity contribution in [3.05, 3.63) is 42.2 Å². The van der Waals surface area contributed by atoms with Crippen LogP contribution in [0.5, 0.6) is 11.5 Å². The zero-order valence-corrected chi connectivity index (χ0v) is 15.3. The molecule has 3 rings (SSSR count). The van der Waals surface area contributed by atoms with E-state index < -0.39 is 0 Å². The molecule has 0 spiro atoms. The second-order valence-electron chi connectivity index (χ2n) is 6.05. The Bertz CT molecular complexity index is 802. The Morgan fingerprint density at radius 1 is 1.11 bits per heavy atom. The van der Waals surface area contributed by atoms with E-state index in [-0.39, 0.29) is 5.91 Å². The first kappa shape index (κ1) is 18.5. The Labute approximate surface area is 157 Å². The molecule has 2 amide bonds. The molecule has 1 aliphatic rings. The molecular formula is C19H22N4O4. The van der Waals surface area contributed by atoms with Gasteiger partial charge in [0.1, 0.15) is 17.2 Å². The van der Waals surface area contributed by atoms with Crippen molar-refractivity contribution in [2.45, 2.75) is 0 Å². The lowest BCUT2D eigenvalue weighted by Gasteiger charge is -2.33. The van der Waals surface area contributed by atoms with Crippen molar-refractivity contribution in [2.24, 2.45) is 0 Å². The average Bonchev–Trinajstić information content (AvgIpc) is 2.73. The minimum atomic E-state index is -0.334. The summed E-state index contributed by atoms with van der Waals surface area (Å²) >= 11 is 0. The van der Waals surface area contributed by atoms with E-state index in [0.29, 0.717) is 36.0 Å². The molecular weight excluding hydrogens is 348 g/mol. The summed E-state index contributed by atoms with van der Waals surface area (Å²) in [7, 11) is 3.09. The summed E-state index contributed by atoms with van der Waals surface area (Å²) in [4.78, 5) is 31.5. The third-order valence-corrected chi connectivity index (χ3v) is 4.46. The molecule has 0 aliphatic carbocycles. The molecule has 1 aromatic heterocycles. The molecule has 1 aliphatic heterocycles. The van der Waals surface area contributed by atoms with Crippen molar-refractivity contribution in [3.8, 4) is 11.5 Å². The van der Waals surface area contributed by atoms with Gasteiger partial charge in [0.2, 0.25) is 6.41 Å². The summed E-state index contributed by atoms with van der Waals surface area (Å²) in [6.45, 7) is 2.85. The fraction of sp³-hybridized carbons (Fsp3) is 0.316. The molecule has 1 N–H and O–H groups in total. The van der Waals surface area contributed by atoms with Gasteiger partial charge in [0, 0.05) is 32.2 Å². The molecule has 0 saturated carbocycles. The third kappa shape index (κ3) is 4.28. The summed E-state index contributed by atoms with van der Waals surface area (Å²) in [5, 5.41) is 2.80. The summed E-state index contributed by atoms with van der Waals surface area (Å²) in [5.74, 6) is 0.816. The Kier molecular flexibility index (Phi) is 5.75. The van der Waals surface area contributed by atoms with Crippen molar-refractivity contribution in [3.63, 3.8) is 0 Å². The molecule has 0 unspecified atom stereocenters. The van der Waals surface area contributed by atoms with Crippen LogP contribution < -0.4 is 19.7 Å². The minimum Gasteiger partial charge on any atom is -0.497 e. The fourth-order valence-corrected chi connectivity index (χ4v) is 2.89. The van der Waals surface area contributed by atoms with Crippen molar-refractivity contribution in [1.29, 1.82) is 0 Å². The van der Waals surface area contributed by atoms with Gasteiger partial charge < -0.3 is 24.6 Å². The zero-order valence-electron chi connectivity index (χ0n) is 15.3. The summed E-state index contributed by atoms with van der Waals surface area (Å²) in [6.07, 6.45) is 2.55. The van der Waals surface area contributed by atoms with Gasteiger partial charge in [-0.05, 0) is 24.3 Å². The third-order valence-electron chi connectivity index (χ3n) is 4.46. The van der Waals surface area contributed by atoms with Gasteiger partial charge in [0.15, 0.2) is 0 Å². The number of methoxy groups -OCH3 is 2. The number of amides is 2. The molecule has 8 nitrogen and oxygen atoms in total. The number of hydrogen-bond donors (Lipinski definition) is 1. The van der Waals surface area contributed by atoms with Crippen LogP contribution in [0.25, 0.3) is 0 Å².